The fraction of sp³-hybridized carbons (Fsp3) is 0.833. The van der Waals surface area contributed by atoms with E-state index in [-0.39, 0.29) is 0 Å². The first kappa shape index (κ1) is 12.5. The molecule has 2 rings (SSSR count). The molecular formula is C12H23N5. The molecule has 5 nitrogen and oxygen atoms in total. The van der Waals surface area contributed by atoms with Gasteiger partial charge in [-0.2, -0.15) is 0 Å². The van der Waals surface area contributed by atoms with Crippen LogP contribution in [0.25, 0.3) is 0 Å². The molecule has 0 amide bonds. The van der Waals surface area contributed by atoms with Crippen LogP contribution in [0.15, 0.2) is 0 Å². The van der Waals surface area contributed by atoms with E-state index in [9.17, 15) is 0 Å². The van der Waals surface area contributed by atoms with Gasteiger partial charge in [0.1, 0.15) is 11.6 Å². The highest BCUT2D eigenvalue weighted by Crippen LogP contribution is 2.25. The van der Waals surface area contributed by atoms with E-state index in [1.54, 1.807) is 0 Å². The van der Waals surface area contributed by atoms with Gasteiger partial charge in [0.15, 0.2) is 0 Å². The zero-order valence-corrected chi connectivity index (χ0v) is 11.1. The molecule has 0 aromatic carbocycles. The summed E-state index contributed by atoms with van der Waals surface area (Å²) >= 11 is 0. The van der Waals surface area contributed by atoms with Gasteiger partial charge in [-0.15, -0.1) is 10.2 Å². The van der Waals surface area contributed by atoms with Crippen molar-refractivity contribution >= 4 is 0 Å². The van der Waals surface area contributed by atoms with Crippen molar-refractivity contribution in [1.82, 2.24) is 25.0 Å². The summed E-state index contributed by atoms with van der Waals surface area (Å²) in [5.74, 6) is 1.98. The van der Waals surface area contributed by atoms with Gasteiger partial charge in [0.05, 0.1) is 6.54 Å². The second-order valence-electron chi connectivity index (χ2n) is 4.76. The van der Waals surface area contributed by atoms with E-state index in [1.165, 1.54) is 12.8 Å². The van der Waals surface area contributed by atoms with Gasteiger partial charge in [0, 0.05) is 26.2 Å². The van der Waals surface area contributed by atoms with E-state index in [4.69, 9.17) is 0 Å². The minimum absolute atomic E-state index is 0.805. The summed E-state index contributed by atoms with van der Waals surface area (Å²) < 4.78 is 2.03. The van der Waals surface area contributed by atoms with Crippen molar-refractivity contribution in [3.05, 3.63) is 11.6 Å². The van der Waals surface area contributed by atoms with Crippen LogP contribution in [0.4, 0.5) is 0 Å². The Kier molecular flexibility index (Phi) is 4.12. The Morgan fingerprint density at radius 2 is 2.18 bits per heavy atom. The molecule has 1 N–H and O–H groups in total. The molecular weight excluding hydrogens is 214 g/mol. The molecule has 0 unspecified atom stereocenters. The maximum atomic E-state index is 4.14. The van der Waals surface area contributed by atoms with E-state index in [0.29, 0.717) is 0 Å². The van der Waals surface area contributed by atoms with E-state index in [2.05, 4.69) is 27.3 Å². The third-order valence-corrected chi connectivity index (χ3v) is 3.51. The summed E-state index contributed by atoms with van der Waals surface area (Å²) in [7, 11) is 2.01. The second kappa shape index (κ2) is 5.60. The van der Waals surface area contributed by atoms with Crippen molar-refractivity contribution in [2.75, 3.05) is 19.6 Å². The van der Waals surface area contributed by atoms with Crippen LogP contribution in [0.1, 0.15) is 31.4 Å². The molecule has 0 bridgehead atoms. The van der Waals surface area contributed by atoms with Gasteiger partial charge in [-0.25, -0.2) is 0 Å². The maximum Gasteiger partial charge on any atom is 0.146 e. The summed E-state index contributed by atoms with van der Waals surface area (Å²) in [6.07, 6.45) is 2.77. The smallest absolute Gasteiger partial charge is 0.146 e. The third kappa shape index (κ3) is 3.26. The lowest BCUT2D eigenvalue weighted by Gasteiger charge is -2.19. The molecule has 0 radical (unpaired) electrons. The summed E-state index contributed by atoms with van der Waals surface area (Å²) in [6, 6.07) is 0.860. The quantitative estimate of drug-likeness (QED) is 0.709. The predicted molar refractivity (Wildman–Crippen MR) is 67.7 cm³/mol. The normalized spacial score (nSPS) is 15.8. The Labute approximate surface area is 103 Å². The second-order valence-corrected chi connectivity index (χ2v) is 4.76. The first-order chi connectivity index (χ1) is 8.22. The van der Waals surface area contributed by atoms with Crippen LogP contribution < -0.4 is 5.32 Å². The molecule has 0 aliphatic heterocycles. The first-order valence-corrected chi connectivity index (χ1v) is 6.52. The van der Waals surface area contributed by atoms with Crippen LogP contribution in [-0.2, 0) is 13.6 Å². The first-order valence-electron chi connectivity index (χ1n) is 6.52. The van der Waals surface area contributed by atoms with Crippen LogP contribution in [0.2, 0.25) is 0 Å². The summed E-state index contributed by atoms with van der Waals surface area (Å²) in [5.41, 5.74) is 0. The van der Waals surface area contributed by atoms with Crippen molar-refractivity contribution in [3.63, 3.8) is 0 Å². The van der Waals surface area contributed by atoms with Crippen molar-refractivity contribution in [2.24, 2.45) is 7.05 Å². The van der Waals surface area contributed by atoms with Gasteiger partial charge >= 0.3 is 0 Å². The highest BCUT2D eigenvalue weighted by atomic mass is 15.3. The molecule has 1 fully saturated rings. The Morgan fingerprint density at radius 1 is 1.41 bits per heavy atom. The number of rotatable bonds is 7. The van der Waals surface area contributed by atoms with Crippen LogP contribution in [0.5, 0.6) is 0 Å². The van der Waals surface area contributed by atoms with E-state index in [1.807, 2.05) is 18.5 Å². The molecule has 0 saturated heterocycles. The predicted octanol–water partition coefficient (Wildman–Crippen LogP) is 0.697. The van der Waals surface area contributed by atoms with Crippen LogP contribution in [0.3, 0.4) is 0 Å². The van der Waals surface area contributed by atoms with Crippen LogP contribution >= 0.6 is 0 Å². The van der Waals surface area contributed by atoms with Gasteiger partial charge in [-0.05, 0) is 26.3 Å². The maximum absolute atomic E-state index is 4.14. The highest BCUT2D eigenvalue weighted by molar-refractivity contribution is 4.92. The minimum Gasteiger partial charge on any atom is -0.317 e. The van der Waals surface area contributed by atoms with E-state index < -0.39 is 0 Å². The van der Waals surface area contributed by atoms with Crippen LogP contribution in [-0.4, -0.2) is 45.3 Å². The molecule has 96 valence electrons. The molecule has 1 saturated carbocycles. The van der Waals surface area contributed by atoms with E-state index in [0.717, 1.165) is 43.9 Å². The Balaban J connectivity index is 1.67. The number of nitrogens with one attached hydrogen (secondary N) is 1. The Morgan fingerprint density at radius 3 is 2.71 bits per heavy atom. The Bertz CT molecular complexity index is 356. The third-order valence-electron chi connectivity index (χ3n) is 3.51. The zero-order chi connectivity index (χ0) is 12.3. The van der Waals surface area contributed by atoms with Gasteiger partial charge in [-0.1, -0.05) is 6.92 Å². The molecule has 0 spiro atoms. The molecule has 1 aromatic heterocycles. The summed E-state index contributed by atoms with van der Waals surface area (Å²) in [4.78, 5) is 2.55. The monoisotopic (exact) mass is 237 g/mol. The fourth-order valence-corrected chi connectivity index (χ4v) is 2.07. The summed E-state index contributed by atoms with van der Waals surface area (Å²) in [6.45, 7) is 8.34. The lowest BCUT2D eigenvalue weighted by atomic mass is 10.4. The molecule has 1 aromatic rings. The SMILES string of the molecule is CCN(CCNCc1nnc(C)n1C)C1CC1. The number of likely N-dealkylation sites (N-methyl/N-ethyl adjacent to an activating group) is 1. The molecule has 1 aliphatic rings. The van der Waals surface area contributed by atoms with Crippen LogP contribution in [0, 0.1) is 6.92 Å². The number of hydrogen-bond acceptors (Lipinski definition) is 4. The van der Waals surface area contributed by atoms with Gasteiger partial charge in [-0.3, -0.25) is 4.90 Å². The standard InChI is InChI=1S/C12H23N5/c1-4-17(11-5-6-11)8-7-13-9-12-15-14-10(2)16(12)3/h11,13H,4-9H2,1-3H3. The lowest BCUT2D eigenvalue weighted by Crippen LogP contribution is -2.33. The molecule has 5 heteroatoms. The fourth-order valence-electron chi connectivity index (χ4n) is 2.07. The number of aromatic nitrogens is 3. The topological polar surface area (TPSA) is 46.0 Å². The highest BCUT2D eigenvalue weighted by Gasteiger charge is 2.26. The zero-order valence-electron chi connectivity index (χ0n) is 11.1. The van der Waals surface area contributed by atoms with Crippen molar-refractivity contribution in [3.8, 4) is 0 Å². The average Bonchev–Trinajstić information content (AvgIpc) is 3.11. The Hall–Kier alpha value is -0.940. The summed E-state index contributed by atoms with van der Waals surface area (Å²) in [5, 5.41) is 11.6. The van der Waals surface area contributed by atoms with E-state index >= 15 is 0 Å². The molecule has 1 heterocycles. The molecule has 1 aliphatic carbocycles. The van der Waals surface area contributed by atoms with Crippen molar-refractivity contribution in [2.45, 2.75) is 39.3 Å². The van der Waals surface area contributed by atoms with Gasteiger partial charge in [0.25, 0.3) is 0 Å². The van der Waals surface area contributed by atoms with Gasteiger partial charge in [0.2, 0.25) is 0 Å². The number of hydrogen-bond donors (Lipinski definition) is 1. The molecule has 0 atom stereocenters. The van der Waals surface area contributed by atoms with Crippen molar-refractivity contribution in [1.29, 1.82) is 0 Å². The number of nitrogens with zero attached hydrogens (tertiary/aromatic N) is 4. The van der Waals surface area contributed by atoms with Crippen molar-refractivity contribution < 1.29 is 0 Å². The number of aryl methyl sites for hydroxylation is 1. The minimum atomic E-state index is 0.805. The average molecular weight is 237 g/mol. The largest absolute Gasteiger partial charge is 0.317 e. The molecule has 17 heavy (non-hydrogen) atoms. The lowest BCUT2D eigenvalue weighted by molar-refractivity contribution is 0.276. The van der Waals surface area contributed by atoms with Gasteiger partial charge < -0.3 is 9.88 Å².